The SMILES string of the molecule is CCCC[C@H](NC(N)=O)C(=O)N1C[C@@H](C)[C@@H](N2CCOCC2)C1. The van der Waals surface area contributed by atoms with Crippen molar-refractivity contribution in [2.45, 2.75) is 45.2 Å². The van der Waals surface area contributed by atoms with Crippen LogP contribution in [0.3, 0.4) is 0 Å². The van der Waals surface area contributed by atoms with Crippen LogP contribution in [0.4, 0.5) is 4.79 Å². The minimum Gasteiger partial charge on any atom is -0.379 e. The van der Waals surface area contributed by atoms with E-state index < -0.39 is 12.1 Å². The number of hydrogen-bond acceptors (Lipinski definition) is 4. The molecule has 23 heavy (non-hydrogen) atoms. The van der Waals surface area contributed by atoms with Crippen LogP contribution in [0.2, 0.25) is 0 Å². The van der Waals surface area contributed by atoms with Crippen molar-refractivity contribution in [2.24, 2.45) is 11.7 Å². The summed E-state index contributed by atoms with van der Waals surface area (Å²) in [5.41, 5.74) is 5.23. The number of carbonyl (C=O) groups excluding carboxylic acids is 2. The number of unbranched alkanes of at least 4 members (excludes halogenated alkanes) is 1. The molecular weight excluding hydrogens is 296 g/mol. The van der Waals surface area contributed by atoms with Gasteiger partial charge in [0.25, 0.3) is 0 Å². The van der Waals surface area contributed by atoms with Crippen LogP contribution in [0.1, 0.15) is 33.1 Å². The van der Waals surface area contributed by atoms with Crippen molar-refractivity contribution in [3.05, 3.63) is 0 Å². The van der Waals surface area contributed by atoms with E-state index in [1.54, 1.807) is 0 Å². The largest absolute Gasteiger partial charge is 0.379 e. The molecular formula is C16H30N4O3. The van der Waals surface area contributed by atoms with Crippen molar-refractivity contribution < 1.29 is 14.3 Å². The van der Waals surface area contributed by atoms with Gasteiger partial charge in [-0.05, 0) is 12.3 Å². The van der Waals surface area contributed by atoms with Gasteiger partial charge in [0, 0.05) is 32.2 Å². The molecule has 2 aliphatic rings. The molecule has 2 heterocycles. The summed E-state index contributed by atoms with van der Waals surface area (Å²) >= 11 is 0. The molecule has 0 bridgehead atoms. The highest BCUT2D eigenvalue weighted by Crippen LogP contribution is 2.23. The molecule has 3 amide bonds. The number of ether oxygens (including phenoxy) is 1. The quantitative estimate of drug-likeness (QED) is 0.739. The minimum atomic E-state index is -0.628. The lowest BCUT2D eigenvalue weighted by atomic mass is 10.0. The van der Waals surface area contributed by atoms with Gasteiger partial charge in [0.15, 0.2) is 0 Å². The Morgan fingerprint density at radius 3 is 2.61 bits per heavy atom. The summed E-state index contributed by atoms with van der Waals surface area (Å²) in [5.74, 6) is 0.428. The highest BCUT2D eigenvalue weighted by Gasteiger charge is 2.38. The zero-order valence-electron chi connectivity index (χ0n) is 14.3. The summed E-state index contributed by atoms with van der Waals surface area (Å²) in [6.45, 7) is 9.10. The van der Waals surface area contributed by atoms with Crippen LogP contribution >= 0.6 is 0 Å². The van der Waals surface area contributed by atoms with E-state index >= 15 is 0 Å². The first-order valence-corrected chi connectivity index (χ1v) is 8.69. The van der Waals surface area contributed by atoms with Crippen molar-refractivity contribution in [3.63, 3.8) is 0 Å². The highest BCUT2D eigenvalue weighted by molar-refractivity contribution is 5.86. The number of nitrogens with two attached hydrogens (primary N) is 1. The van der Waals surface area contributed by atoms with Gasteiger partial charge in [-0.1, -0.05) is 26.7 Å². The molecule has 7 nitrogen and oxygen atoms in total. The standard InChI is InChI=1S/C16H30N4O3/c1-3-4-5-13(18-16(17)22)15(21)20-10-12(2)14(11-20)19-6-8-23-9-7-19/h12-14H,3-11H2,1-2H3,(H3,17,18,22)/t12-,13+,14+/m1/s1. The Hall–Kier alpha value is -1.34. The Morgan fingerprint density at radius 2 is 2.00 bits per heavy atom. The number of urea groups is 1. The lowest BCUT2D eigenvalue weighted by Gasteiger charge is -2.34. The van der Waals surface area contributed by atoms with E-state index in [0.29, 0.717) is 18.4 Å². The van der Waals surface area contributed by atoms with Gasteiger partial charge in [-0.2, -0.15) is 0 Å². The molecule has 0 spiro atoms. The number of likely N-dealkylation sites (tertiary alicyclic amines) is 1. The van der Waals surface area contributed by atoms with Gasteiger partial charge in [-0.15, -0.1) is 0 Å². The first-order valence-electron chi connectivity index (χ1n) is 8.69. The fourth-order valence-electron chi connectivity index (χ4n) is 3.57. The fourth-order valence-corrected chi connectivity index (χ4v) is 3.57. The number of primary amides is 1. The van der Waals surface area contributed by atoms with Crippen molar-refractivity contribution in [2.75, 3.05) is 39.4 Å². The fraction of sp³-hybridized carbons (Fsp3) is 0.875. The molecule has 2 rings (SSSR count). The third kappa shape index (κ3) is 4.81. The predicted molar refractivity (Wildman–Crippen MR) is 88.0 cm³/mol. The van der Waals surface area contributed by atoms with Gasteiger partial charge in [0.1, 0.15) is 6.04 Å². The van der Waals surface area contributed by atoms with Gasteiger partial charge >= 0.3 is 6.03 Å². The maximum Gasteiger partial charge on any atom is 0.312 e. The van der Waals surface area contributed by atoms with Gasteiger partial charge in [0.2, 0.25) is 5.91 Å². The Labute approximate surface area is 138 Å². The maximum atomic E-state index is 12.8. The molecule has 0 aromatic heterocycles. The zero-order valence-corrected chi connectivity index (χ0v) is 14.3. The molecule has 0 saturated carbocycles. The second-order valence-corrected chi connectivity index (χ2v) is 6.64. The van der Waals surface area contributed by atoms with E-state index in [2.05, 4.69) is 24.1 Å². The van der Waals surface area contributed by atoms with Crippen LogP contribution in [-0.2, 0) is 9.53 Å². The van der Waals surface area contributed by atoms with E-state index in [1.807, 2.05) is 4.90 Å². The molecule has 3 atom stereocenters. The number of amides is 3. The molecule has 0 aromatic rings. The molecule has 3 N–H and O–H groups in total. The Bertz CT molecular complexity index is 412. The average Bonchev–Trinajstić information content (AvgIpc) is 2.93. The van der Waals surface area contributed by atoms with Gasteiger partial charge in [-0.25, -0.2) is 4.79 Å². The Balaban J connectivity index is 1.96. The summed E-state index contributed by atoms with van der Waals surface area (Å²) in [7, 11) is 0. The first-order chi connectivity index (χ1) is 11.0. The second-order valence-electron chi connectivity index (χ2n) is 6.64. The molecule has 132 valence electrons. The highest BCUT2D eigenvalue weighted by atomic mass is 16.5. The number of hydrogen-bond donors (Lipinski definition) is 2. The van der Waals surface area contributed by atoms with Crippen LogP contribution in [0.5, 0.6) is 0 Å². The Morgan fingerprint density at radius 1 is 1.30 bits per heavy atom. The molecule has 2 fully saturated rings. The predicted octanol–water partition coefficient (Wildman–Crippen LogP) is 0.393. The van der Waals surface area contributed by atoms with E-state index in [4.69, 9.17) is 10.5 Å². The number of nitrogens with one attached hydrogen (secondary N) is 1. The molecule has 0 aliphatic carbocycles. The van der Waals surface area contributed by atoms with Crippen LogP contribution in [0.25, 0.3) is 0 Å². The van der Waals surface area contributed by atoms with Crippen molar-refractivity contribution >= 4 is 11.9 Å². The number of morpholine rings is 1. The zero-order chi connectivity index (χ0) is 16.8. The van der Waals surface area contributed by atoms with E-state index in [-0.39, 0.29) is 5.91 Å². The third-order valence-electron chi connectivity index (χ3n) is 4.86. The normalized spacial score (nSPS) is 27.0. The molecule has 0 radical (unpaired) electrons. The van der Waals surface area contributed by atoms with Gasteiger partial charge in [-0.3, -0.25) is 9.69 Å². The first kappa shape index (κ1) is 18.0. The second kappa shape index (κ2) is 8.49. The van der Waals surface area contributed by atoms with Crippen LogP contribution < -0.4 is 11.1 Å². The summed E-state index contributed by atoms with van der Waals surface area (Å²) in [4.78, 5) is 28.3. The average molecular weight is 326 g/mol. The van der Waals surface area contributed by atoms with E-state index in [0.717, 1.165) is 52.2 Å². The summed E-state index contributed by atoms with van der Waals surface area (Å²) in [5, 5.41) is 2.61. The van der Waals surface area contributed by atoms with Crippen LogP contribution in [0.15, 0.2) is 0 Å². The third-order valence-corrected chi connectivity index (χ3v) is 4.86. The summed E-state index contributed by atoms with van der Waals surface area (Å²) in [6.07, 6.45) is 2.52. The molecule has 2 saturated heterocycles. The summed E-state index contributed by atoms with van der Waals surface area (Å²) < 4.78 is 5.41. The smallest absolute Gasteiger partial charge is 0.312 e. The van der Waals surface area contributed by atoms with Crippen LogP contribution in [-0.4, -0.2) is 73.2 Å². The monoisotopic (exact) mass is 326 g/mol. The van der Waals surface area contributed by atoms with Gasteiger partial charge < -0.3 is 20.7 Å². The van der Waals surface area contributed by atoms with Crippen molar-refractivity contribution in [1.82, 2.24) is 15.1 Å². The molecule has 0 unspecified atom stereocenters. The van der Waals surface area contributed by atoms with E-state index in [9.17, 15) is 9.59 Å². The Kier molecular flexibility index (Phi) is 6.65. The number of nitrogens with zero attached hydrogens (tertiary/aromatic N) is 2. The number of rotatable bonds is 6. The topological polar surface area (TPSA) is 87.9 Å². The minimum absolute atomic E-state index is 0.000130. The van der Waals surface area contributed by atoms with E-state index in [1.165, 1.54) is 0 Å². The van der Waals surface area contributed by atoms with Crippen molar-refractivity contribution in [3.8, 4) is 0 Å². The molecule has 2 aliphatic heterocycles. The lowest BCUT2D eigenvalue weighted by molar-refractivity contribution is -0.132. The van der Waals surface area contributed by atoms with Crippen molar-refractivity contribution in [1.29, 1.82) is 0 Å². The molecule has 7 heteroatoms. The maximum absolute atomic E-state index is 12.8. The van der Waals surface area contributed by atoms with Crippen LogP contribution in [0, 0.1) is 5.92 Å². The molecule has 0 aromatic carbocycles. The number of carbonyl (C=O) groups is 2. The van der Waals surface area contributed by atoms with Gasteiger partial charge in [0.05, 0.1) is 13.2 Å². The summed E-state index contributed by atoms with van der Waals surface area (Å²) in [6, 6.07) is -0.747. The lowest BCUT2D eigenvalue weighted by Crippen LogP contribution is -2.51.